The Labute approximate surface area is 84.7 Å². The average molecular weight is 212 g/mol. The van der Waals surface area contributed by atoms with Crippen LogP contribution < -0.4 is 5.30 Å². The SMILES string of the molecule is CC1=C[P+](Cl)(c2ccccc2)CC1. The monoisotopic (exact) mass is 211 g/mol. The zero-order chi connectivity index (χ0) is 9.31. The Morgan fingerprint density at radius 2 is 1.92 bits per heavy atom. The molecule has 1 aliphatic heterocycles. The van der Waals surface area contributed by atoms with Crippen molar-refractivity contribution in [2.24, 2.45) is 0 Å². The molecule has 1 unspecified atom stereocenters. The van der Waals surface area contributed by atoms with Gasteiger partial charge in [0.1, 0.15) is 5.30 Å². The quantitative estimate of drug-likeness (QED) is 0.620. The van der Waals surface area contributed by atoms with Crippen molar-refractivity contribution >= 4 is 23.2 Å². The zero-order valence-corrected chi connectivity index (χ0v) is 9.35. The van der Waals surface area contributed by atoms with Gasteiger partial charge in [0, 0.05) is 6.42 Å². The van der Waals surface area contributed by atoms with E-state index in [-0.39, 0.29) is 0 Å². The fraction of sp³-hybridized carbons (Fsp3) is 0.273. The first-order valence-corrected chi connectivity index (χ1v) is 7.47. The van der Waals surface area contributed by atoms with E-state index in [2.05, 4.69) is 37.0 Å². The van der Waals surface area contributed by atoms with Gasteiger partial charge in [-0.15, -0.1) is 0 Å². The van der Waals surface area contributed by atoms with E-state index in [1.165, 1.54) is 17.3 Å². The Balaban J connectivity index is 2.37. The molecule has 0 bridgehead atoms. The minimum atomic E-state index is -1.42. The first kappa shape index (κ1) is 9.24. The Morgan fingerprint density at radius 1 is 1.23 bits per heavy atom. The van der Waals surface area contributed by atoms with E-state index < -0.39 is 6.62 Å². The van der Waals surface area contributed by atoms with E-state index in [1.807, 2.05) is 6.07 Å². The Hall–Kier alpha value is -0.320. The van der Waals surface area contributed by atoms with Crippen molar-refractivity contribution in [2.45, 2.75) is 13.3 Å². The molecule has 2 heteroatoms. The number of benzene rings is 1. The molecule has 0 N–H and O–H groups in total. The lowest BCUT2D eigenvalue weighted by atomic mass is 10.3. The largest absolute Gasteiger partial charge is 0.171 e. The van der Waals surface area contributed by atoms with Crippen molar-refractivity contribution in [2.75, 3.05) is 6.16 Å². The lowest BCUT2D eigenvalue weighted by Gasteiger charge is -2.08. The van der Waals surface area contributed by atoms with Crippen LogP contribution in [-0.4, -0.2) is 6.16 Å². The van der Waals surface area contributed by atoms with E-state index in [4.69, 9.17) is 11.2 Å². The summed E-state index contributed by atoms with van der Waals surface area (Å²) in [5.74, 6) is 2.30. The molecular formula is C11H13ClP+. The van der Waals surface area contributed by atoms with Crippen LogP contribution >= 0.6 is 17.9 Å². The minimum Gasteiger partial charge on any atom is -0.0620 e. The van der Waals surface area contributed by atoms with Crippen molar-refractivity contribution in [3.05, 3.63) is 41.7 Å². The van der Waals surface area contributed by atoms with E-state index >= 15 is 0 Å². The number of hydrogen-bond donors (Lipinski definition) is 0. The number of rotatable bonds is 1. The normalized spacial score (nSPS) is 27.4. The molecule has 1 aliphatic rings. The molecule has 0 saturated heterocycles. The molecule has 1 aromatic carbocycles. The van der Waals surface area contributed by atoms with E-state index in [0.717, 1.165) is 6.16 Å². The molecule has 1 aromatic rings. The molecule has 1 atom stereocenters. The summed E-state index contributed by atoms with van der Waals surface area (Å²) in [7, 11) is 0. The van der Waals surface area contributed by atoms with Crippen LogP contribution in [0, 0.1) is 0 Å². The van der Waals surface area contributed by atoms with Gasteiger partial charge in [-0.1, -0.05) is 18.2 Å². The minimum absolute atomic E-state index is 1.14. The summed E-state index contributed by atoms with van der Waals surface area (Å²) < 4.78 is 0. The van der Waals surface area contributed by atoms with Gasteiger partial charge >= 0.3 is 0 Å². The molecule has 0 saturated carbocycles. The van der Waals surface area contributed by atoms with Crippen LogP contribution in [0.2, 0.25) is 0 Å². The predicted molar refractivity (Wildman–Crippen MR) is 62.1 cm³/mol. The number of halogens is 1. The van der Waals surface area contributed by atoms with Crippen molar-refractivity contribution in [1.82, 2.24) is 0 Å². The number of hydrogen-bond acceptors (Lipinski definition) is 0. The smallest absolute Gasteiger partial charge is 0.0620 e. The summed E-state index contributed by atoms with van der Waals surface area (Å²) >= 11 is 6.63. The van der Waals surface area contributed by atoms with Crippen molar-refractivity contribution in [1.29, 1.82) is 0 Å². The van der Waals surface area contributed by atoms with Gasteiger partial charge in [-0.05, 0) is 24.6 Å². The Morgan fingerprint density at radius 3 is 2.46 bits per heavy atom. The maximum absolute atomic E-state index is 6.63. The van der Waals surface area contributed by atoms with Gasteiger partial charge in [-0.25, -0.2) is 0 Å². The Kier molecular flexibility index (Phi) is 2.45. The molecule has 0 aliphatic carbocycles. The molecular weight excluding hydrogens is 199 g/mol. The average Bonchev–Trinajstić information content (AvgIpc) is 2.49. The molecule has 2 rings (SSSR count). The summed E-state index contributed by atoms with van der Waals surface area (Å²) in [5.41, 5.74) is 1.45. The third-order valence-corrected chi connectivity index (χ3v) is 6.71. The second-order valence-corrected chi connectivity index (χ2v) is 8.13. The maximum atomic E-state index is 6.63. The highest BCUT2D eigenvalue weighted by Gasteiger charge is 2.40. The van der Waals surface area contributed by atoms with E-state index in [9.17, 15) is 0 Å². The highest BCUT2D eigenvalue weighted by molar-refractivity contribution is 8.07. The van der Waals surface area contributed by atoms with Gasteiger partial charge in [0.25, 0.3) is 0 Å². The lowest BCUT2D eigenvalue weighted by molar-refractivity contribution is 1.14. The maximum Gasteiger partial charge on any atom is 0.171 e. The third kappa shape index (κ3) is 1.80. The highest BCUT2D eigenvalue weighted by atomic mass is 35.7. The molecule has 0 spiro atoms. The second kappa shape index (κ2) is 3.44. The fourth-order valence-corrected chi connectivity index (χ4v) is 5.50. The van der Waals surface area contributed by atoms with Crippen LogP contribution in [0.1, 0.15) is 13.3 Å². The summed E-state index contributed by atoms with van der Waals surface area (Å²) in [6, 6.07) is 10.5. The third-order valence-electron chi connectivity index (χ3n) is 2.44. The summed E-state index contributed by atoms with van der Waals surface area (Å²) in [6.45, 7) is 0.755. The highest BCUT2D eigenvalue weighted by Crippen LogP contribution is 2.68. The molecule has 0 radical (unpaired) electrons. The van der Waals surface area contributed by atoms with Crippen LogP contribution in [0.3, 0.4) is 0 Å². The zero-order valence-electron chi connectivity index (χ0n) is 7.70. The van der Waals surface area contributed by atoms with Crippen LogP contribution in [0.4, 0.5) is 0 Å². The van der Waals surface area contributed by atoms with Crippen molar-refractivity contribution < 1.29 is 0 Å². The first-order valence-electron chi connectivity index (χ1n) is 4.52. The summed E-state index contributed by atoms with van der Waals surface area (Å²) in [4.78, 5) is 0. The lowest BCUT2D eigenvalue weighted by Crippen LogP contribution is -2.04. The Bertz CT molecular complexity index is 331. The van der Waals surface area contributed by atoms with Crippen molar-refractivity contribution in [3.8, 4) is 0 Å². The molecule has 0 aromatic heterocycles. The van der Waals surface area contributed by atoms with Crippen molar-refractivity contribution in [3.63, 3.8) is 0 Å². The summed E-state index contributed by atoms with van der Waals surface area (Å²) in [5, 5.41) is 1.33. The van der Waals surface area contributed by atoms with Gasteiger partial charge in [0.05, 0.1) is 23.2 Å². The van der Waals surface area contributed by atoms with Gasteiger partial charge in [0.15, 0.2) is 6.62 Å². The molecule has 0 fully saturated rings. The molecule has 1 heterocycles. The van der Waals surface area contributed by atoms with Gasteiger partial charge in [-0.3, -0.25) is 0 Å². The summed E-state index contributed by atoms with van der Waals surface area (Å²) in [6.07, 6.45) is 2.32. The molecule has 13 heavy (non-hydrogen) atoms. The predicted octanol–water partition coefficient (Wildman–Crippen LogP) is 3.79. The molecule has 0 nitrogen and oxygen atoms in total. The number of allylic oxidation sites excluding steroid dienone is 1. The fourth-order valence-electron chi connectivity index (χ4n) is 1.70. The van der Waals surface area contributed by atoms with E-state index in [1.54, 1.807) is 0 Å². The standard InChI is InChI=1S/C11H13ClP/c1-10-7-8-13(12,9-10)11-5-3-2-4-6-11/h2-6,9H,7-8H2,1H3/q+1. The van der Waals surface area contributed by atoms with Crippen LogP contribution in [0.25, 0.3) is 0 Å². The topological polar surface area (TPSA) is 0 Å². The van der Waals surface area contributed by atoms with Gasteiger partial charge < -0.3 is 0 Å². The molecule has 68 valence electrons. The van der Waals surface area contributed by atoms with Gasteiger partial charge in [-0.2, -0.15) is 0 Å². The van der Waals surface area contributed by atoms with Crippen LogP contribution in [0.5, 0.6) is 0 Å². The van der Waals surface area contributed by atoms with Gasteiger partial charge in [0.2, 0.25) is 0 Å². The second-order valence-electron chi connectivity index (χ2n) is 3.56. The van der Waals surface area contributed by atoms with E-state index in [0.29, 0.717) is 0 Å². The molecule has 0 amide bonds. The van der Waals surface area contributed by atoms with Crippen LogP contribution in [-0.2, 0) is 0 Å². The first-order chi connectivity index (χ1) is 6.21. The van der Waals surface area contributed by atoms with Crippen LogP contribution in [0.15, 0.2) is 41.7 Å².